The molecule has 0 saturated heterocycles. The van der Waals surface area contributed by atoms with E-state index in [2.05, 4.69) is 26.0 Å². The number of rotatable bonds is 3. The zero-order valence-corrected chi connectivity index (χ0v) is 14.8. The topological polar surface area (TPSA) is 47.3 Å². The molecule has 23 heavy (non-hydrogen) atoms. The Morgan fingerprint density at radius 2 is 1.96 bits per heavy atom. The predicted molar refractivity (Wildman–Crippen MR) is 90.1 cm³/mol. The Balaban J connectivity index is 2.34. The van der Waals surface area contributed by atoms with Gasteiger partial charge in [-0.15, -0.1) is 0 Å². The highest BCUT2D eigenvalue weighted by Crippen LogP contribution is 2.37. The molecule has 2 heterocycles. The largest absolute Gasteiger partial charge is 0.300 e. The number of benzene rings is 1. The molecule has 0 aliphatic rings. The Kier molecular flexibility index (Phi) is 4.21. The van der Waals surface area contributed by atoms with Crippen LogP contribution in [0.2, 0.25) is 5.02 Å². The van der Waals surface area contributed by atoms with E-state index in [1.54, 1.807) is 24.3 Å². The van der Waals surface area contributed by atoms with Crippen LogP contribution in [0.1, 0.15) is 16.2 Å². The number of alkyl halides is 2. The molecule has 4 nitrogen and oxygen atoms in total. The Hall–Kier alpha value is -1.43. The highest BCUT2D eigenvalue weighted by atomic mass is 79.9. The lowest BCUT2D eigenvalue weighted by Gasteiger charge is -2.14. The van der Waals surface area contributed by atoms with Gasteiger partial charge in [0, 0.05) is 10.0 Å². The van der Waals surface area contributed by atoms with E-state index in [0.717, 1.165) is 8.99 Å². The van der Waals surface area contributed by atoms with Crippen LogP contribution in [-0.2, 0) is 5.66 Å². The van der Waals surface area contributed by atoms with Crippen molar-refractivity contribution in [2.45, 2.75) is 5.66 Å². The fourth-order valence-electron chi connectivity index (χ4n) is 2.09. The van der Waals surface area contributed by atoms with Gasteiger partial charge in [-0.25, -0.2) is 9.50 Å². The molecule has 0 bridgehead atoms. The molecule has 9 heteroatoms. The Morgan fingerprint density at radius 1 is 1.30 bits per heavy atom. The molecule has 1 atom stereocenters. The summed E-state index contributed by atoms with van der Waals surface area (Å²) >= 11 is 9.34. The molecule has 0 amide bonds. The molecule has 0 fully saturated rings. The second-order valence-electron chi connectivity index (χ2n) is 4.71. The summed E-state index contributed by atoms with van der Waals surface area (Å²) in [7, 11) is 1.45. The van der Waals surface area contributed by atoms with E-state index in [1.165, 1.54) is 15.3 Å². The molecule has 1 aromatic carbocycles. The van der Waals surface area contributed by atoms with Crippen molar-refractivity contribution in [3.63, 3.8) is 0 Å². The molecule has 2 aromatic heterocycles. The summed E-state index contributed by atoms with van der Waals surface area (Å²) in [6.07, 6.45) is 0.404. The summed E-state index contributed by atoms with van der Waals surface area (Å²) in [5, 5.41) is 3.74. The van der Waals surface area contributed by atoms with E-state index in [4.69, 9.17) is 11.6 Å². The van der Waals surface area contributed by atoms with Crippen molar-refractivity contribution in [2.24, 2.45) is 0 Å². The second kappa shape index (κ2) is 5.89. The van der Waals surface area contributed by atoms with Gasteiger partial charge in [0.15, 0.2) is 11.9 Å². The third kappa shape index (κ3) is 3.01. The average molecular weight is 419 g/mol. The maximum absolute atomic E-state index is 13.9. The molecule has 1 unspecified atom stereocenters. The van der Waals surface area contributed by atoms with E-state index in [9.17, 15) is 13.6 Å². The van der Waals surface area contributed by atoms with E-state index in [1.807, 2.05) is 0 Å². The van der Waals surface area contributed by atoms with Gasteiger partial charge in [0.2, 0.25) is 0 Å². The van der Waals surface area contributed by atoms with Crippen molar-refractivity contribution >= 4 is 48.7 Å². The van der Waals surface area contributed by atoms with Crippen molar-refractivity contribution in [3.05, 3.63) is 51.2 Å². The van der Waals surface area contributed by atoms with Crippen molar-refractivity contribution in [3.8, 4) is 11.3 Å². The lowest BCUT2D eigenvalue weighted by Crippen LogP contribution is -2.12. The maximum Gasteiger partial charge on any atom is 0.300 e. The van der Waals surface area contributed by atoms with Gasteiger partial charge in [0.1, 0.15) is 16.4 Å². The highest BCUT2D eigenvalue weighted by molar-refractivity contribution is 9.10. The first-order valence-corrected chi connectivity index (χ1v) is 8.03. The highest BCUT2D eigenvalue weighted by Gasteiger charge is 2.31. The Bertz CT molecular complexity index is 909. The number of aromatic nitrogens is 3. The summed E-state index contributed by atoms with van der Waals surface area (Å²) in [5.74, 6) is 0. The van der Waals surface area contributed by atoms with Gasteiger partial charge in [-0.1, -0.05) is 48.9 Å². The lowest BCUT2D eigenvalue weighted by atomic mass is 10.1. The monoisotopic (exact) mass is 417 g/mol. The van der Waals surface area contributed by atoms with Gasteiger partial charge in [-0.3, -0.25) is 4.79 Å². The van der Waals surface area contributed by atoms with E-state index >= 15 is 0 Å². The van der Waals surface area contributed by atoms with Crippen LogP contribution >= 0.6 is 36.8 Å². The molecule has 0 saturated carbocycles. The fraction of sp³-hybridized carbons (Fsp3) is 0.0714. The summed E-state index contributed by atoms with van der Waals surface area (Å²) in [6.45, 7) is 0. The fourth-order valence-corrected chi connectivity index (χ4v) is 2.76. The SMILES string of the molecule is O=Cc1nn2c(C(F)(F)P)cc(-c3ccc(Br)cc3)nc2c1Cl. The number of halogens is 4. The molecular weight excluding hydrogens is 411 g/mol. The molecule has 0 aliphatic carbocycles. The van der Waals surface area contributed by atoms with Crippen molar-refractivity contribution in [1.82, 2.24) is 14.6 Å². The Morgan fingerprint density at radius 3 is 2.52 bits per heavy atom. The van der Waals surface area contributed by atoms with E-state index in [0.29, 0.717) is 17.5 Å². The molecule has 0 spiro atoms. The minimum Gasteiger partial charge on any atom is -0.296 e. The van der Waals surface area contributed by atoms with Gasteiger partial charge >= 0.3 is 0 Å². The van der Waals surface area contributed by atoms with Crippen LogP contribution in [0.15, 0.2) is 34.8 Å². The first kappa shape index (κ1) is 16.4. The van der Waals surface area contributed by atoms with Crippen LogP contribution in [0.5, 0.6) is 0 Å². The van der Waals surface area contributed by atoms with E-state index in [-0.39, 0.29) is 16.4 Å². The number of hydrogen-bond donors (Lipinski definition) is 0. The number of carbonyl (C=O) groups excluding carboxylic acids is 1. The van der Waals surface area contributed by atoms with E-state index < -0.39 is 11.4 Å². The van der Waals surface area contributed by atoms with Crippen molar-refractivity contribution < 1.29 is 13.6 Å². The number of fused-ring (bicyclic) bond motifs is 1. The normalized spacial score (nSPS) is 11.9. The first-order valence-electron chi connectivity index (χ1n) is 6.29. The summed E-state index contributed by atoms with van der Waals surface area (Å²) in [6, 6.07) is 8.24. The Labute approximate surface area is 145 Å². The molecule has 3 rings (SSSR count). The zero-order chi connectivity index (χ0) is 16.8. The number of nitrogens with zero attached hydrogens (tertiary/aromatic N) is 3. The van der Waals surface area contributed by atoms with Crippen LogP contribution in [0.4, 0.5) is 8.78 Å². The van der Waals surface area contributed by atoms with Crippen molar-refractivity contribution in [1.29, 1.82) is 0 Å². The van der Waals surface area contributed by atoms with Crippen LogP contribution in [0, 0.1) is 0 Å². The molecule has 0 radical (unpaired) electrons. The molecule has 0 aliphatic heterocycles. The minimum absolute atomic E-state index is 0.00584. The number of hydrogen-bond acceptors (Lipinski definition) is 3. The van der Waals surface area contributed by atoms with Gasteiger partial charge < -0.3 is 0 Å². The average Bonchev–Trinajstić information content (AvgIpc) is 2.82. The third-order valence-electron chi connectivity index (χ3n) is 3.15. The first-order chi connectivity index (χ1) is 10.8. The lowest BCUT2D eigenvalue weighted by molar-refractivity contribution is 0.0956. The third-order valence-corrected chi connectivity index (χ3v) is 4.34. The smallest absolute Gasteiger partial charge is 0.296 e. The van der Waals surface area contributed by atoms with Gasteiger partial charge in [-0.05, 0) is 18.2 Å². The van der Waals surface area contributed by atoms with Crippen LogP contribution in [-0.4, -0.2) is 20.9 Å². The zero-order valence-electron chi connectivity index (χ0n) is 11.3. The van der Waals surface area contributed by atoms with Crippen molar-refractivity contribution in [2.75, 3.05) is 0 Å². The van der Waals surface area contributed by atoms with Gasteiger partial charge in [0.25, 0.3) is 5.66 Å². The summed E-state index contributed by atoms with van der Waals surface area (Å²) in [4.78, 5) is 15.2. The van der Waals surface area contributed by atoms with Gasteiger partial charge in [-0.2, -0.15) is 13.9 Å². The minimum atomic E-state index is -3.26. The summed E-state index contributed by atoms with van der Waals surface area (Å²) in [5.41, 5.74) is -2.88. The molecule has 3 aromatic rings. The second-order valence-corrected chi connectivity index (χ2v) is 6.73. The molecular formula is C14H8BrClF2N3OP. The predicted octanol–water partition coefficient (Wildman–Crippen LogP) is 4.55. The number of aldehydes is 1. The van der Waals surface area contributed by atoms with Crippen LogP contribution in [0.3, 0.4) is 0 Å². The van der Waals surface area contributed by atoms with Crippen LogP contribution in [0.25, 0.3) is 16.9 Å². The van der Waals surface area contributed by atoms with Crippen LogP contribution < -0.4 is 0 Å². The van der Waals surface area contributed by atoms with Gasteiger partial charge in [0.05, 0.1) is 5.69 Å². The summed E-state index contributed by atoms with van der Waals surface area (Å²) < 4.78 is 29.6. The number of carbonyl (C=O) groups is 1. The molecule has 118 valence electrons. The quantitative estimate of drug-likeness (QED) is 0.463. The maximum atomic E-state index is 13.9. The standard InChI is InChI=1S/C14H8BrClF2N3OP/c15-8-3-1-7(2-4-8)9-5-11(14(17,18)23)21-13(19-9)12(16)10(6-22)20-21/h1-6H,23H2. The molecule has 0 N–H and O–H groups in total.